The number of anilines is 1. The zero-order chi connectivity index (χ0) is 25.8. The van der Waals surface area contributed by atoms with E-state index in [0.29, 0.717) is 23.7 Å². The number of carbonyl (C=O) groups is 3. The van der Waals surface area contributed by atoms with Crippen molar-refractivity contribution in [1.82, 2.24) is 20.6 Å². The maximum absolute atomic E-state index is 12.7. The number of nitrogens with one attached hydrogen (secondary N) is 2. The van der Waals surface area contributed by atoms with Crippen molar-refractivity contribution in [2.75, 3.05) is 5.73 Å². The van der Waals surface area contributed by atoms with E-state index in [4.69, 9.17) is 10.6 Å². The molecule has 2 aliphatic rings. The summed E-state index contributed by atoms with van der Waals surface area (Å²) in [7, 11) is 0. The van der Waals surface area contributed by atoms with Crippen LogP contribution in [0.2, 0.25) is 0 Å². The molecular weight excluding hydrogens is 464 g/mol. The average Bonchev–Trinajstić information content (AvgIpc) is 3.35. The normalized spacial score (nSPS) is 21.3. The van der Waals surface area contributed by atoms with Gasteiger partial charge in [-0.3, -0.25) is 14.4 Å². The average molecular weight is 495 g/mol. The molecule has 36 heavy (non-hydrogen) atoms. The monoisotopic (exact) mass is 494 g/mol. The second-order valence-electron chi connectivity index (χ2n) is 9.29. The van der Waals surface area contributed by atoms with E-state index in [-0.39, 0.29) is 47.6 Å². The molecule has 1 fully saturated rings. The van der Waals surface area contributed by atoms with Crippen LogP contribution in [0, 0.1) is 12.8 Å². The van der Waals surface area contributed by atoms with Gasteiger partial charge in [0.15, 0.2) is 0 Å². The van der Waals surface area contributed by atoms with Gasteiger partial charge in [-0.2, -0.15) is 0 Å². The lowest BCUT2D eigenvalue weighted by molar-refractivity contribution is -0.137. The van der Waals surface area contributed by atoms with Crippen LogP contribution in [0.3, 0.4) is 0 Å². The minimum absolute atomic E-state index is 0.00282. The summed E-state index contributed by atoms with van der Waals surface area (Å²) in [6.45, 7) is 3.21. The van der Waals surface area contributed by atoms with E-state index < -0.39 is 11.7 Å². The van der Waals surface area contributed by atoms with E-state index in [1.165, 1.54) is 13.0 Å². The molecule has 0 radical (unpaired) electrons. The van der Waals surface area contributed by atoms with Crippen molar-refractivity contribution >= 4 is 29.0 Å². The van der Waals surface area contributed by atoms with Gasteiger partial charge < -0.3 is 26.3 Å². The zero-order valence-electron chi connectivity index (χ0n) is 20.3. The third kappa shape index (κ3) is 5.96. The fourth-order valence-electron chi connectivity index (χ4n) is 4.54. The lowest BCUT2D eigenvalue weighted by atomic mass is 9.81. The summed E-state index contributed by atoms with van der Waals surface area (Å²) >= 11 is 0. The second-order valence-corrected chi connectivity index (χ2v) is 9.29. The van der Waals surface area contributed by atoms with Gasteiger partial charge in [-0.05, 0) is 62.3 Å². The number of hydrogen-bond donors (Lipinski definition) is 4. The molecular formula is C25H30N6O5. The first-order chi connectivity index (χ1) is 17.2. The van der Waals surface area contributed by atoms with Crippen LogP contribution in [-0.4, -0.2) is 50.5 Å². The van der Waals surface area contributed by atoms with Gasteiger partial charge in [-0.1, -0.05) is 11.2 Å². The fourth-order valence-corrected chi connectivity index (χ4v) is 4.54. The number of phenols is 1. The number of Topliss-reactive ketones (excluding diaryl/α,β-unsaturated/α-hetero) is 1. The first-order valence-corrected chi connectivity index (χ1v) is 12.0. The molecule has 11 nitrogen and oxygen atoms in total. The van der Waals surface area contributed by atoms with Gasteiger partial charge in [0, 0.05) is 25.9 Å². The number of aromatic nitrogens is 2. The number of aryl methyl sites for hydroxylation is 1. The molecule has 2 heterocycles. The van der Waals surface area contributed by atoms with Crippen LogP contribution in [0.15, 0.2) is 29.4 Å². The lowest BCUT2D eigenvalue weighted by Gasteiger charge is -2.31. The number of nitrogens with zero attached hydrogens (tertiary/aromatic N) is 3. The van der Waals surface area contributed by atoms with Crippen molar-refractivity contribution in [3.8, 4) is 5.75 Å². The van der Waals surface area contributed by atoms with E-state index >= 15 is 0 Å². The van der Waals surface area contributed by atoms with Crippen LogP contribution in [0.4, 0.5) is 5.69 Å². The minimum Gasteiger partial charge on any atom is -0.506 e. The molecule has 1 aromatic carbocycles. The number of hydrogen-bond acceptors (Lipinski definition) is 9. The van der Waals surface area contributed by atoms with Crippen LogP contribution >= 0.6 is 0 Å². The van der Waals surface area contributed by atoms with E-state index in [0.717, 1.165) is 31.2 Å². The first kappa shape index (κ1) is 25.1. The molecule has 5 N–H and O–H groups in total. The SMILES string of the molecule is CC(=O)C(=O)NC1CCC(C2CC(c3cc(C(=O)NCc4ccc(O)c(N)c4)nc(C)n3)=NO2)CC1. The topological polar surface area (TPSA) is 169 Å². The standard InChI is InChI=1S/C25H30N6O5/c1-13(32)24(34)30-17-6-4-16(5-7-17)23-11-20(31-36-23)19-10-21(29-14(2)28-19)25(35)27-12-15-3-8-22(33)18(26)9-15/h3,8-10,16-17,23,33H,4-7,11-12,26H2,1-2H3,(H,27,35)(H,30,34). The number of ketones is 1. The zero-order valence-corrected chi connectivity index (χ0v) is 20.3. The molecule has 0 bridgehead atoms. The predicted molar refractivity (Wildman–Crippen MR) is 131 cm³/mol. The largest absolute Gasteiger partial charge is 0.506 e. The maximum atomic E-state index is 12.7. The highest BCUT2D eigenvalue weighted by molar-refractivity contribution is 6.35. The Balaban J connectivity index is 1.33. The summed E-state index contributed by atoms with van der Waals surface area (Å²) in [6.07, 6.45) is 3.74. The van der Waals surface area contributed by atoms with Crippen molar-refractivity contribution < 1.29 is 24.3 Å². The number of amides is 2. The number of rotatable bonds is 7. The molecule has 0 spiro atoms. The third-order valence-corrected chi connectivity index (χ3v) is 6.56. The van der Waals surface area contributed by atoms with Crippen LogP contribution in [0.1, 0.15) is 66.6 Å². The van der Waals surface area contributed by atoms with Gasteiger partial charge >= 0.3 is 0 Å². The van der Waals surface area contributed by atoms with E-state index in [9.17, 15) is 19.5 Å². The van der Waals surface area contributed by atoms with Crippen molar-refractivity contribution in [1.29, 1.82) is 0 Å². The summed E-state index contributed by atoms with van der Waals surface area (Å²) in [5.74, 6) is -0.665. The molecule has 190 valence electrons. The van der Waals surface area contributed by atoms with Crippen LogP contribution in [0.25, 0.3) is 0 Å². The van der Waals surface area contributed by atoms with Crippen molar-refractivity contribution in [3.05, 3.63) is 47.0 Å². The Morgan fingerprint density at radius 2 is 1.89 bits per heavy atom. The number of nitrogens with two attached hydrogens (primary N) is 1. The molecule has 4 rings (SSSR count). The molecule has 2 aromatic rings. The van der Waals surface area contributed by atoms with Crippen LogP contribution in [-0.2, 0) is 21.0 Å². The van der Waals surface area contributed by atoms with Gasteiger partial charge in [-0.25, -0.2) is 9.97 Å². The molecule has 0 saturated heterocycles. The highest BCUT2D eigenvalue weighted by Crippen LogP contribution is 2.33. The molecule has 1 saturated carbocycles. The number of phenolic OH excluding ortho intramolecular Hbond substituents is 1. The summed E-state index contributed by atoms with van der Waals surface area (Å²) in [6, 6.07) is 6.36. The molecule has 1 aromatic heterocycles. The Morgan fingerprint density at radius 1 is 1.14 bits per heavy atom. The molecule has 1 aliphatic heterocycles. The summed E-state index contributed by atoms with van der Waals surface area (Å²) in [4.78, 5) is 50.0. The van der Waals surface area contributed by atoms with E-state index in [2.05, 4.69) is 25.8 Å². The summed E-state index contributed by atoms with van der Waals surface area (Å²) < 4.78 is 0. The summed E-state index contributed by atoms with van der Waals surface area (Å²) in [5.41, 5.74) is 8.13. The van der Waals surface area contributed by atoms with E-state index in [1.807, 2.05) is 0 Å². The highest BCUT2D eigenvalue weighted by atomic mass is 16.6. The smallest absolute Gasteiger partial charge is 0.287 e. The van der Waals surface area contributed by atoms with Gasteiger partial charge in [-0.15, -0.1) is 0 Å². The fraction of sp³-hybridized carbons (Fsp3) is 0.440. The Hall–Kier alpha value is -4.02. The second kappa shape index (κ2) is 10.7. The molecule has 2 amide bonds. The number of nitrogen functional groups attached to an aromatic ring is 1. The van der Waals surface area contributed by atoms with Gasteiger partial charge in [0.1, 0.15) is 29.1 Å². The maximum Gasteiger partial charge on any atom is 0.287 e. The third-order valence-electron chi connectivity index (χ3n) is 6.56. The Labute approximate surface area is 208 Å². The van der Waals surface area contributed by atoms with Crippen LogP contribution < -0.4 is 16.4 Å². The number of benzene rings is 1. The van der Waals surface area contributed by atoms with E-state index in [1.54, 1.807) is 25.1 Å². The highest BCUT2D eigenvalue weighted by Gasteiger charge is 2.34. The number of carbonyl (C=O) groups excluding carboxylic acids is 3. The lowest BCUT2D eigenvalue weighted by Crippen LogP contribution is -2.41. The van der Waals surface area contributed by atoms with Crippen molar-refractivity contribution in [2.45, 2.75) is 64.6 Å². The van der Waals surface area contributed by atoms with Crippen LogP contribution in [0.5, 0.6) is 5.75 Å². The minimum atomic E-state index is -0.535. The van der Waals surface area contributed by atoms with Gasteiger partial charge in [0.2, 0.25) is 5.78 Å². The first-order valence-electron chi connectivity index (χ1n) is 12.0. The number of aromatic hydroxyl groups is 1. The van der Waals surface area contributed by atoms with Gasteiger partial charge in [0.05, 0.1) is 11.4 Å². The number of oxime groups is 1. The van der Waals surface area contributed by atoms with Crippen molar-refractivity contribution in [3.63, 3.8) is 0 Å². The molecule has 11 heteroatoms. The Morgan fingerprint density at radius 3 is 2.58 bits per heavy atom. The van der Waals surface area contributed by atoms with Gasteiger partial charge in [0.25, 0.3) is 11.8 Å². The molecule has 1 unspecified atom stereocenters. The molecule has 1 aliphatic carbocycles. The van der Waals surface area contributed by atoms with Crippen molar-refractivity contribution in [2.24, 2.45) is 11.1 Å². The Kier molecular flexibility index (Phi) is 7.47. The predicted octanol–water partition coefficient (Wildman–Crippen LogP) is 1.76. The quantitative estimate of drug-likeness (QED) is 0.256. The Bertz CT molecular complexity index is 1210. The summed E-state index contributed by atoms with van der Waals surface area (Å²) in [5, 5.41) is 19.4. The molecule has 1 atom stereocenters.